The molecule has 0 spiro atoms. The standard InChI is InChI=1S/C11H12/c1-3-7-10(2)11-8-5-4-6-9-11/h3-6,8-9H,1-2H3. The van der Waals surface area contributed by atoms with Crippen molar-refractivity contribution in [1.29, 1.82) is 0 Å². The summed E-state index contributed by atoms with van der Waals surface area (Å²) in [6.07, 6.45) is 1.93. The summed E-state index contributed by atoms with van der Waals surface area (Å²) in [6, 6.07) is 10.3. The first-order chi connectivity index (χ1) is 5.34. The Bertz CT molecular complexity index is 274. The number of benzene rings is 1. The van der Waals surface area contributed by atoms with Gasteiger partial charge in [0.15, 0.2) is 0 Å². The monoisotopic (exact) mass is 144 g/mol. The highest BCUT2D eigenvalue weighted by Crippen LogP contribution is 2.10. The highest BCUT2D eigenvalue weighted by atomic mass is 13.9. The van der Waals surface area contributed by atoms with Gasteiger partial charge < -0.3 is 0 Å². The van der Waals surface area contributed by atoms with Crippen LogP contribution in [0.5, 0.6) is 0 Å². The molecule has 0 heteroatoms. The van der Waals surface area contributed by atoms with Crippen LogP contribution in [0, 0.1) is 0 Å². The van der Waals surface area contributed by atoms with E-state index in [9.17, 15) is 0 Å². The average Bonchev–Trinajstić information content (AvgIpc) is 2.07. The zero-order valence-electron chi connectivity index (χ0n) is 6.96. The highest BCUT2D eigenvalue weighted by molar-refractivity contribution is 5.62. The van der Waals surface area contributed by atoms with Crippen LogP contribution in [-0.2, 0) is 0 Å². The van der Waals surface area contributed by atoms with E-state index in [2.05, 4.69) is 24.8 Å². The van der Waals surface area contributed by atoms with E-state index in [1.807, 2.05) is 31.2 Å². The van der Waals surface area contributed by atoms with Gasteiger partial charge in [-0.25, -0.2) is 0 Å². The Morgan fingerprint density at radius 1 is 1.27 bits per heavy atom. The fourth-order valence-corrected chi connectivity index (χ4v) is 0.988. The maximum absolute atomic E-state index is 3.15. The lowest BCUT2D eigenvalue weighted by molar-refractivity contribution is 1.57. The van der Waals surface area contributed by atoms with Crippen molar-refractivity contribution in [2.24, 2.45) is 0 Å². The van der Waals surface area contributed by atoms with Gasteiger partial charge >= 0.3 is 0 Å². The normalized spacial score (nSPS) is 8.55. The third-order valence-corrected chi connectivity index (χ3v) is 1.57. The smallest absolute Gasteiger partial charge is 0.00225 e. The molecule has 1 rings (SSSR count). The van der Waals surface area contributed by atoms with Crippen LogP contribution in [0.2, 0.25) is 0 Å². The van der Waals surface area contributed by atoms with Gasteiger partial charge in [-0.15, -0.1) is 5.73 Å². The maximum atomic E-state index is 3.15. The van der Waals surface area contributed by atoms with Crippen LogP contribution in [0.25, 0.3) is 5.57 Å². The first-order valence-corrected chi connectivity index (χ1v) is 3.78. The maximum Gasteiger partial charge on any atom is -0.00225 e. The van der Waals surface area contributed by atoms with E-state index in [0.29, 0.717) is 0 Å². The first kappa shape index (κ1) is 7.84. The molecule has 56 valence electrons. The zero-order valence-corrected chi connectivity index (χ0v) is 6.96. The van der Waals surface area contributed by atoms with Crippen molar-refractivity contribution in [2.45, 2.75) is 13.8 Å². The van der Waals surface area contributed by atoms with Gasteiger partial charge in [0, 0.05) is 0 Å². The van der Waals surface area contributed by atoms with Crippen LogP contribution < -0.4 is 0 Å². The van der Waals surface area contributed by atoms with Crippen LogP contribution >= 0.6 is 0 Å². The van der Waals surface area contributed by atoms with Crippen molar-refractivity contribution >= 4 is 5.57 Å². The number of hydrogen-bond acceptors (Lipinski definition) is 0. The van der Waals surface area contributed by atoms with E-state index >= 15 is 0 Å². The summed E-state index contributed by atoms with van der Waals surface area (Å²) in [7, 11) is 0. The SMILES string of the molecule is CC=C=C(C)c1ccccc1. The minimum atomic E-state index is 1.19. The fraction of sp³-hybridized carbons (Fsp3) is 0.182. The molecule has 11 heavy (non-hydrogen) atoms. The summed E-state index contributed by atoms with van der Waals surface area (Å²) >= 11 is 0. The number of rotatable bonds is 1. The summed E-state index contributed by atoms with van der Waals surface area (Å²) in [4.78, 5) is 0. The second-order valence-corrected chi connectivity index (χ2v) is 2.42. The van der Waals surface area contributed by atoms with Gasteiger partial charge in [0.05, 0.1) is 0 Å². The highest BCUT2D eigenvalue weighted by Gasteiger charge is 1.89. The van der Waals surface area contributed by atoms with Crippen LogP contribution in [0.4, 0.5) is 0 Å². The van der Waals surface area contributed by atoms with Gasteiger partial charge in [-0.3, -0.25) is 0 Å². The second-order valence-electron chi connectivity index (χ2n) is 2.42. The van der Waals surface area contributed by atoms with Crippen molar-refractivity contribution in [3.63, 3.8) is 0 Å². The molecule has 0 fully saturated rings. The second kappa shape index (κ2) is 3.80. The molecule has 0 amide bonds. The molecule has 0 atom stereocenters. The summed E-state index contributed by atoms with van der Waals surface area (Å²) in [5, 5.41) is 0. The molecule has 0 radical (unpaired) electrons. The number of hydrogen-bond donors (Lipinski definition) is 0. The average molecular weight is 144 g/mol. The summed E-state index contributed by atoms with van der Waals surface area (Å²) in [5.41, 5.74) is 5.58. The molecule has 0 aliphatic carbocycles. The van der Waals surface area contributed by atoms with Gasteiger partial charge in [0.2, 0.25) is 0 Å². The molecule has 0 saturated carbocycles. The molecule has 0 aliphatic rings. The van der Waals surface area contributed by atoms with Gasteiger partial charge in [0.1, 0.15) is 0 Å². The summed E-state index contributed by atoms with van der Waals surface area (Å²) in [6.45, 7) is 4.04. The van der Waals surface area contributed by atoms with E-state index < -0.39 is 0 Å². The Kier molecular flexibility index (Phi) is 2.71. The lowest BCUT2D eigenvalue weighted by Gasteiger charge is -1.95. The topological polar surface area (TPSA) is 0 Å². The Morgan fingerprint density at radius 3 is 2.45 bits per heavy atom. The quantitative estimate of drug-likeness (QED) is 0.531. The Balaban J connectivity index is 3.04. The molecule has 0 aromatic heterocycles. The summed E-state index contributed by atoms with van der Waals surface area (Å²) in [5.74, 6) is 0. The van der Waals surface area contributed by atoms with Crippen LogP contribution in [0.15, 0.2) is 42.1 Å². The van der Waals surface area contributed by atoms with Gasteiger partial charge in [0.25, 0.3) is 0 Å². The molecular weight excluding hydrogens is 132 g/mol. The van der Waals surface area contributed by atoms with Crippen molar-refractivity contribution in [3.8, 4) is 0 Å². The minimum Gasteiger partial charge on any atom is -0.122 e. The molecule has 1 aromatic rings. The predicted octanol–water partition coefficient (Wildman–Crippen LogP) is 3.26. The molecule has 0 bridgehead atoms. The fourth-order valence-electron chi connectivity index (χ4n) is 0.988. The van der Waals surface area contributed by atoms with Crippen molar-refractivity contribution in [2.75, 3.05) is 0 Å². The first-order valence-electron chi connectivity index (χ1n) is 3.78. The molecule has 0 saturated heterocycles. The van der Waals surface area contributed by atoms with E-state index in [1.54, 1.807) is 0 Å². The van der Waals surface area contributed by atoms with Crippen molar-refractivity contribution < 1.29 is 0 Å². The van der Waals surface area contributed by atoms with E-state index in [4.69, 9.17) is 0 Å². The van der Waals surface area contributed by atoms with E-state index in [0.717, 1.165) is 0 Å². The van der Waals surface area contributed by atoms with Gasteiger partial charge in [-0.05, 0) is 31.1 Å². The summed E-state index contributed by atoms with van der Waals surface area (Å²) < 4.78 is 0. The molecule has 0 heterocycles. The molecule has 0 nitrogen and oxygen atoms in total. The van der Waals surface area contributed by atoms with E-state index in [-0.39, 0.29) is 0 Å². The predicted molar refractivity (Wildman–Crippen MR) is 49.3 cm³/mol. The Morgan fingerprint density at radius 2 is 1.91 bits per heavy atom. The number of allylic oxidation sites excluding steroid dienone is 1. The third-order valence-electron chi connectivity index (χ3n) is 1.57. The van der Waals surface area contributed by atoms with Crippen LogP contribution in [0.3, 0.4) is 0 Å². The molecule has 0 N–H and O–H groups in total. The Labute approximate surface area is 67.9 Å². The molecule has 0 unspecified atom stereocenters. The van der Waals surface area contributed by atoms with Crippen LogP contribution in [-0.4, -0.2) is 0 Å². The zero-order chi connectivity index (χ0) is 8.10. The Hall–Kier alpha value is -1.26. The van der Waals surface area contributed by atoms with Crippen molar-refractivity contribution in [3.05, 3.63) is 47.7 Å². The molecular formula is C11H12. The van der Waals surface area contributed by atoms with Crippen LogP contribution in [0.1, 0.15) is 19.4 Å². The third kappa shape index (κ3) is 2.10. The minimum absolute atomic E-state index is 1.19. The van der Waals surface area contributed by atoms with Crippen molar-refractivity contribution in [1.82, 2.24) is 0 Å². The van der Waals surface area contributed by atoms with Gasteiger partial charge in [-0.1, -0.05) is 30.3 Å². The van der Waals surface area contributed by atoms with E-state index in [1.165, 1.54) is 11.1 Å². The largest absolute Gasteiger partial charge is 0.122 e. The lowest BCUT2D eigenvalue weighted by atomic mass is 10.1. The van der Waals surface area contributed by atoms with Gasteiger partial charge in [-0.2, -0.15) is 0 Å². The molecule has 1 aromatic carbocycles. The lowest BCUT2D eigenvalue weighted by Crippen LogP contribution is -1.74. The molecule has 0 aliphatic heterocycles.